The molecule has 2 aliphatic heterocycles. The summed E-state index contributed by atoms with van der Waals surface area (Å²) in [4.78, 5) is 28.6. The molecule has 6 heteroatoms. The van der Waals surface area contributed by atoms with Crippen molar-refractivity contribution in [1.29, 1.82) is 0 Å². The van der Waals surface area contributed by atoms with Gasteiger partial charge in [0.1, 0.15) is 11.8 Å². The molecule has 0 saturated carbocycles. The number of methoxy groups -OCH3 is 1. The Morgan fingerprint density at radius 3 is 2.68 bits per heavy atom. The molecule has 4 rings (SSSR count). The van der Waals surface area contributed by atoms with Gasteiger partial charge >= 0.3 is 5.97 Å². The van der Waals surface area contributed by atoms with Crippen molar-refractivity contribution < 1.29 is 19.4 Å². The van der Waals surface area contributed by atoms with E-state index in [4.69, 9.17) is 4.74 Å². The molecular weight excluding hydrogens is 356 g/mol. The van der Waals surface area contributed by atoms with E-state index in [1.54, 1.807) is 7.11 Å². The number of likely N-dealkylation sites (tertiary alicyclic amines) is 1. The van der Waals surface area contributed by atoms with E-state index in [9.17, 15) is 14.7 Å². The molecule has 146 valence electrons. The minimum Gasteiger partial charge on any atom is -0.497 e. The summed E-state index contributed by atoms with van der Waals surface area (Å²) >= 11 is 0. The van der Waals surface area contributed by atoms with Gasteiger partial charge in [-0.05, 0) is 35.2 Å². The average molecular weight is 380 g/mol. The third-order valence-corrected chi connectivity index (χ3v) is 5.77. The third kappa shape index (κ3) is 3.47. The van der Waals surface area contributed by atoms with Gasteiger partial charge in [-0.15, -0.1) is 0 Å². The Morgan fingerprint density at radius 1 is 1.18 bits per heavy atom. The van der Waals surface area contributed by atoms with Crippen molar-refractivity contribution in [2.75, 3.05) is 13.7 Å². The highest BCUT2D eigenvalue weighted by Crippen LogP contribution is 2.31. The summed E-state index contributed by atoms with van der Waals surface area (Å²) in [5, 5.41) is 9.68. The van der Waals surface area contributed by atoms with Gasteiger partial charge in [-0.3, -0.25) is 9.69 Å². The standard InChI is InChI=1S/C22H24N2O4/c1-28-18-8-7-17-14-23(10-9-16(17)11-18)19-12-20(22(26)27)24(21(19)25)13-15-5-3-2-4-6-15/h2-8,11,19-20H,9-10,12-14H2,1H3,(H,26,27)/t19-,20-/m1/s1. The zero-order valence-electron chi connectivity index (χ0n) is 15.9. The van der Waals surface area contributed by atoms with E-state index in [2.05, 4.69) is 4.90 Å². The molecule has 2 aromatic carbocycles. The summed E-state index contributed by atoms with van der Waals surface area (Å²) in [5.74, 6) is -0.189. The van der Waals surface area contributed by atoms with Crippen LogP contribution in [0.4, 0.5) is 0 Å². The lowest BCUT2D eigenvalue weighted by molar-refractivity contribution is -0.147. The predicted octanol–water partition coefficient (Wildman–Crippen LogP) is 2.31. The predicted molar refractivity (Wildman–Crippen MR) is 104 cm³/mol. The van der Waals surface area contributed by atoms with E-state index in [1.807, 2.05) is 48.5 Å². The number of fused-ring (bicyclic) bond motifs is 1. The number of hydrogen-bond donors (Lipinski definition) is 1. The molecule has 0 unspecified atom stereocenters. The van der Waals surface area contributed by atoms with Crippen molar-refractivity contribution in [3.05, 3.63) is 65.2 Å². The summed E-state index contributed by atoms with van der Waals surface area (Å²) in [5.41, 5.74) is 3.35. The molecule has 2 aliphatic rings. The third-order valence-electron chi connectivity index (χ3n) is 5.77. The van der Waals surface area contributed by atoms with Crippen LogP contribution in [0.15, 0.2) is 48.5 Å². The Hall–Kier alpha value is -2.86. The van der Waals surface area contributed by atoms with Gasteiger partial charge < -0.3 is 14.7 Å². The molecule has 1 fully saturated rings. The number of amides is 1. The zero-order valence-corrected chi connectivity index (χ0v) is 15.9. The van der Waals surface area contributed by atoms with Gasteiger partial charge in [0.25, 0.3) is 0 Å². The lowest BCUT2D eigenvalue weighted by Crippen LogP contribution is -2.44. The molecule has 0 radical (unpaired) electrons. The van der Waals surface area contributed by atoms with Crippen LogP contribution in [0.2, 0.25) is 0 Å². The topological polar surface area (TPSA) is 70.1 Å². The second-order valence-electron chi connectivity index (χ2n) is 7.41. The van der Waals surface area contributed by atoms with Crippen LogP contribution in [0.3, 0.4) is 0 Å². The summed E-state index contributed by atoms with van der Waals surface area (Å²) in [7, 11) is 1.65. The number of ether oxygens (including phenoxy) is 1. The van der Waals surface area contributed by atoms with E-state index < -0.39 is 12.0 Å². The van der Waals surface area contributed by atoms with Crippen LogP contribution < -0.4 is 4.74 Å². The van der Waals surface area contributed by atoms with Gasteiger partial charge in [0, 0.05) is 26.1 Å². The summed E-state index contributed by atoms with van der Waals surface area (Å²) in [6.07, 6.45) is 1.15. The normalized spacial score (nSPS) is 22.2. The number of carboxylic acids is 1. The van der Waals surface area contributed by atoms with Crippen LogP contribution in [-0.2, 0) is 29.1 Å². The largest absolute Gasteiger partial charge is 0.497 e. The van der Waals surface area contributed by atoms with E-state index in [-0.39, 0.29) is 11.9 Å². The van der Waals surface area contributed by atoms with E-state index in [0.29, 0.717) is 19.5 Å². The van der Waals surface area contributed by atoms with Crippen molar-refractivity contribution in [1.82, 2.24) is 9.80 Å². The molecule has 1 saturated heterocycles. The molecule has 1 N–H and O–H groups in total. The summed E-state index contributed by atoms with van der Waals surface area (Å²) in [6.45, 7) is 1.72. The number of hydrogen-bond acceptors (Lipinski definition) is 4. The van der Waals surface area contributed by atoms with Crippen LogP contribution in [0.1, 0.15) is 23.1 Å². The van der Waals surface area contributed by atoms with Crippen LogP contribution in [0, 0.1) is 0 Å². The Morgan fingerprint density at radius 2 is 1.96 bits per heavy atom. The maximum atomic E-state index is 13.1. The molecular formula is C22H24N2O4. The summed E-state index contributed by atoms with van der Waals surface area (Å²) < 4.78 is 5.30. The maximum Gasteiger partial charge on any atom is 0.326 e. The minimum absolute atomic E-state index is 0.0896. The second kappa shape index (κ2) is 7.64. The molecule has 1 amide bonds. The fourth-order valence-electron chi connectivity index (χ4n) is 4.24. The van der Waals surface area contributed by atoms with Crippen LogP contribution in [-0.4, -0.2) is 52.5 Å². The highest BCUT2D eigenvalue weighted by molar-refractivity contribution is 5.91. The van der Waals surface area contributed by atoms with Crippen LogP contribution in [0.25, 0.3) is 0 Å². The number of carbonyl (C=O) groups is 2. The van der Waals surface area contributed by atoms with Gasteiger partial charge in [0.2, 0.25) is 5.91 Å². The lowest BCUT2D eigenvalue weighted by Gasteiger charge is -2.32. The molecule has 0 bridgehead atoms. The van der Waals surface area contributed by atoms with Crippen molar-refractivity contribution in [3.63, 3.8) is 0 Å². The fraction of sp³-hybridized carbons (Fsp3) is 0.364. The first-order valence-electron chi connectivity index (χ1n) is 9.54. The SMILES string of the molecule is COc1ccc2c(c1)CCN([C@@H]1C[C@H](C(=O)O)N(Cc3ccccc3)C1=O)C2. The lowest BCUT2D eigenvalue weighted by atomic mass is 9.97. The first-order chi connectivity index (χ1) is 13.6. The van der Waals surface area contributed by atoms with Crippen LogP contribution >= 0.6 is 0 Å². The second-order valence-corrected chi connectivity index (χ2v) is 7.41. The number of nitrogens with zero attached hydrogens (tertiary/aromatic N) is 2. The van der Waals surface area contributed by atoms with E-state index in [0.717, 1.165) is 24.3 Å². The number of rotatable bonds is 5. The average Bonchev–Trinajstić information content (AvgIpc) is 3.04. The van der Waals surface area contributed by atoms with Gasteiger partial charge in [0.15, 0.2) is 0 Å². The first-order valence-corrected chi connectivity index (χ1v) is 9.54. The van der Waals surface area contributed by atoms with E-state index >= 15 is 0 Å². The molecule has 2 aromatic rings. The Bertz CT molecular complexity index is 883. The smallest absolute Gasteiger partial charge is 0.326 e. The molecule has 2 atom stereocenters. The Labute approximate surface area is 164 Å². The van der Waals surface area contributed by atoms with Gasteiger partial charge in [-0.1, -0.05) is 36.4 Å². The maximum absolute atomic E-state index is 13.1. The van der Waals surface area contributed by atoms with Crippen molar-refractivity contribution in [2.45, 2.75) is 38.0 Å². The monoisotopic (exact) mass is 380 g/mol. The Balaban J connectivity index is 1.53. The highest BCUT2D eigenvalue weighted by atomic mass is 16.5. The molecule has 6 nitrogen and oxygen atoms in total. The molecule has 0 spiro atoms. The molecule has 28 heavy (non-hydrogen) atoms. The zero-order chi connectivity index (χ0) is 19.7. The van der Waals surface area contributed by atoms with Crippen molar-refractivity contribution in [2.24, 2.45) is 0 Å². The number of aliphatic carboxylic acids is 1. The minimum atomic E-state index is -0.936. The number of carboxylic acid groups (broad SMARTS) is 1. The molecule has 0 aromatic heterocycles. The fourth-order valence-corrected chi connectivity index (χ4v) is 4.24. The molecule has 0 aliphatic carbocycles. The quantitative estimate of drug-likeness (QED) is 0.862. The van der Waals surface area contributed by atoms with Gasteiger partial charge in [-0.2, -0.15) is 0 Å². The first kappa shape index (κ1) is 18.5. The Kier molecular flexibility index (Phi) is 5.05. The summed E-state index contributed by atoms with van der Waals surface area (Å²) in [6, 6.07) is 14.4. The van der Waals surface area contributed by atoms with Crippen LogP contribution in [0.5, 0.6) is 5.75 Å². The molecule has 2 heterocycles. The number of carbonyl (C=O) groups excluding carboxylic acids is 1. The van der Waals surface area contributed by atoms with Crippen molar-refractivity contribution >= 4 is 11.9 Å². The van der Waals surface area contributed by atoms with Gasteiger partial charge in [0.05, 0.1) is 13.2 Å². The highest BCUT2D eigenvalue weighted by Gasteiger charge is 2.46. The van der Waals surface area contributed by atoms with Crippen molar-refractivity contribution in [3.8, 4) is 5.75 Å². The van der Waals surface area contributed by atoms with E-state index in [1.165, 1.54) is 16.0 Å². The van der Waals surface area contributed by atoms with Gasteiger partial charge in [-0.25, -0.2) is 4.79 Å². The number of benzene rings is 2.